The molecule has 0 saturated carbocycles. The fourth-order valence-electron chi connectivity index (χ4n) is 1.45. The predicted molar refractivity (Wildman–Crippen MR) is 69.6 cm³/mol. The van der Waals surface area contributed by atoms with Crippen molar-refractivity contribution in [3.8, 4) is 5.88 Å². The van der Waals surface area contributed by atoms with E-state index < -0.39 is 0 Å². The topological polar surface area (TPSA) is 86.0 Å². The molecule has 0 unspecified atom stereocenters. The van der Waals surface area contributed by atoms with E-state index in [9.17, 15) is 0 Å². The normalized spacial score (nSPS) is 10.1. The molecule has 0 aliphatic rings. The number of aromatic nitrogens is 3. The maximum atomic E-state index is 5.78. The number of halogens is 1. The number of rotatable bonds is 4. The first-order chi connectivity index (χ1) is 8.69. The lowest BCUT2D eigenvalue weighted by molar-refractivity contribution is 0.393. The Morgan fingerprint density at radius 1 is 1.44 bits per heavy atom. The Kier molecular flexibility index (Phi) is 3.78. The van der Waals surface area contributed by atoms with Crippen LogP contribution in [0, 0.1) is 0 Å². The Hall–Kier alpha value is -2.08. The number of anilines is 2. The minimum Gasteiger partial charge on any atom is -0.481 e. The highest BCUT2D eigenvalue weighted by Crippen LogP contribution is 2.17. The van der Waals surface area contributed by atoms with Gasteiger partial charge in [0.05, 0.1) is 7.11 Å². The Balaban J connectivity index is 2.11. The number of pyridine rings is 1. The molecule has 0 radical (unpaired) electrons. The van der Waals surface area contributed by atoms with Gasteiger partial charge in [0.1, 0.15) is 11.0 Å². The van der Waals surface area contributed by atoms with Crippen LogP contribution >= 0.6 is 11.6 Å². The van der Waals surface area contributed by atoms with Crippen LogP contribution in [0.3, 0.4) is 0 Å². The molecule has 7 heteroatoms. The van der Waals surface area contributed by atoms with E-state index in [1.165, 1.54) is 0 Å². The highest BCUT2D eigenvalue weighted by Gasteiger charge is 2.04. The number of methoxy groups -OCH3 is 1. The van der Waals surface area contributed by atoms with Crippen LogP contribution in [0.1, 0.15) is 5.56 Å². The van der Waals surface area contributed by atoms with E-state index in [0.717, 1.165) is 5.56 Å². The Labute approximate surface area is 109 Å². The molecule has 3 N–H and O–H groups in total. The maximum Gasteiger partial charge on any atom is 0.223 e. The molecule has 0 atom stereocenters. The van der Waals surface area contributed by atoms with E-state index in [2.05, 4.69) is 20.3 Å². The SMILES string of the molecule is COc1ncccc1CNc1cc(Cl)nc(N)n1. The first-order valence-corrected chi connectivity index (χ1v) is 5.58. The highest BCUT2D eigenvalue weighted by molar-refractivity contribution is 6.29. The molecule has 0 aliphatic carbocycles. The predicted octanol–water partition coefficient (Wildman–Crippen LogP) is 1.73. The van der Waals surface area contributed by atoms with Gasteiger partial charge in [0.15, 0.2) is 0 Å². The van der Waals surface area contributed by atoms with Crippen LogP contribution in [0.15, 0.2) is 24.4 Å². The number of hydrogen-bond donors (Lipinski definition) is 2. The monoisotopic (exact) mass is 265 g/mol. The van der Waals surface area contributed by atoms with Crippen LogP contribution < -0.4 is 15.8 Å². The maximum absolute atomic E-state index is 5.78. The summed E-state index contributed by atoms with van der Waals surface area (Å²) < 4.78 is 5.15. The van der Waals surface area contributed by atoms with Crippen LogP contribution in [0.4, 0.5) is 11.8 Å². The summed E-state index contributed by atoms with van der Waals surface area (Å²) in [5, 5.41) is 3.38. The van der Waals surface area contributed by atoms with Crippen molar-refractivity contribution in [1.82, 2.24) is 15.0 Å². The van der Waals surface area contributed by atoms with E-state index in [1.54, 1.807) is 19.4 Å². The minimum atomic E-state index is 0.128. The van der Waals surface area contributed by atoms with Crippen molar-refractivity contribution in [3.63, 3.8) is 0 Å². The number of ether oxygens (including phenoxy) is 1. The number of nitrogens with two attached hydrogens (primary N) is 1. The first-order valence-electron chi connectivity index (χ1n) is 5.21. The summed E-state index contributed by atoms with van der Waals surface area (Å²) in [6, 6.07) is 5.34. The van der Waals surface area contributed by atoms with Crippen molar-refractivity contribution in [1.29, 1.82) is 0 Å². The molecule has 0 spiro atoms. The van der Waals surface area contributed by atoms with Gasteiger partial charge in [-0.1, -0.05) is 17.7 Å². The Bertz CT molecular complexity index is 528. The number of nitrogen functional groups attached to an aromatic ring is 1. The summed E-state index contributed by atoms with van der Waals surface area (Å²) in [6.45, 7) is 0.504. The lowest BCUT2D eigenvalue weighted by Gasteiger charge is -2.09. The second kappa shape index (κ2) is 5.50. The second-order valence-electron chi connectivity index (χ2n) is 3.46. The van der Waals surface area contributed by atoms with E-state index in [0.29, 0.717) is 23.4 Å². The Morgan fingerprint density at radius 2 is 2.28 bits per heavy atom. The zero-order valence-corrected chi connectivity index (χ0v) is 10.5. The van der Waals surface area contributed by atoms with Crippen molar-refractivity contribution < 1.29 is 4.74 Å². The molecule has 18 heavy (non-hydrogen) atoms. The van der Waals surface area contributed by atoms with Gasteiger partial charge in [-0.2, -0.15) is 4.98 Å². The van der Waals surface area contributed by atoms with E-state index in [1.807, 2.05) is 12.1 Å². The number of hydrogen-bond acceptors (Lipinski definition) is 6. The minimum absolute atomic E-state index is 0.128. The molecule has 0 aromatic carbocycles. The summed E-state index contributed by atoms with van der Waals surface area (Å²) in [5.74, 6) is 1.25. The van der Waals surface area contributed by atoms with Gasteiger partial charge >= 0.3 is 0 Å². The van der Waals surface area contributed by atoms with E-state index >= 15 is 0 Å². The van der Waals surface area contributed by atoms with Crippen molar-refractivity contribution >= 4 is 23.4 Å². The van der Waals surface area contributed by atoms with Gasteiger partial charge in [-0.15, -0.1) is 0 Å². The van der Waals surface area contributed by atoms with E-state index in [4.69, 9.17) is 22.1 Å². The van der Waals surface area contributed by atoms with Gasteiger partial charge in [0.25, 0.3) is 0 Å². The summed E-state index contributed by atoms with van der Waals surface area (Å²) in [4.78, 5) is 11.9. The van der Waals surface area contributed by atoms with Gasteiger partial charge in [-0.05, 0) is 6.07 Å². The molecule has 2 rings (SSSR count). The molecule has 0 bridgehead atoms. The van der Waals surface area contributed by atoms with Gasteiger partial charge in [0.2, 0.25) is 11.8 Å². The lowest BCUT2D eigenvalue weighted by Crippen LogP contribution is -2.06. The van der Waals surface area contributed by atoms with Crippen molar-refractivity contribution in [2.24, 2.45) is 0 Å². The standard InChI is InChI=1S/C11H12ClN5O/c1-18-10-7(3-2-4-14-10)6-15-9-5-8(12)16-11(13)17-9/h2-5H,6H2,1H3,(H3,13,15,16,17). The molecule has 0 aliphatic heterocycles. The van der Waals surface area contributed by atoms with Crippen LogP contribution in [0.5, 0.6) is 5.88 Å². The third-order valence-corrected chi connectivity index (χ3v) is 2.41. The smallest absolute Gasteiger partial charge is 0.223 e. The fraction of sp³-hybridized carbons (Fsp3) is 0.182. The van der Waals surface area contributed by atoms with Gasteiger partial charge in [-0.3, -0.25) is 0 Å². The van der Waals surface area contributed by atoms with Crippen molar-refractivity contribution in [2.45, 2.75) is 6.54 Å². The van der Waals surface area contributed by atoms with Crippen molar-refractivity contribution in [2.75, 3.05) is 18.2 Å². The van der Waals surface area contributed by atoms with Crippen LogP contribution in [0.2, 0.25) is 5.15 Å². The van der Waals surface area contributed by atoms with Gasteiger partial charge in [-0.25, -0.2) is 9.97 Å². The summed E-state index contributed by atoms with van der Waals surface area (Å²) in [7, 11) is 1.57. The summed E-state index contributed by atoms with van der Waals surface area (Å²) in [6.07, 6.45) is 1.67. The number of nitrogens with one attached hydrogen (secondary N) is 1. The average Bonchev–Trinajstić information content (AvgIpc) is 2.35. The second-order valence-corrected chi connectivity index (χ2v) is 3.85. The van der Waals surface area contributed by atoms with Crippen LogP contribution in [-0.2, 0) is 6.54 Å². The highest BCUT2D eigenvalue weighted by atomic mass is 35.5. The quantitative estimate of drug-likeness (QED) is 0.819. The Morgan fingerprint density at radius 3 is 3.00 bits per heavy atom. The van der Waals surface area contributed by atoms with Crippen molar-refractivity contribution in [3.05, 3.63) is 35.1 Å². The molecule has 2 heterocycles. The molecule has 6 nitrogen and oxygen atoms in total. The number of nitrogens with zero attached hydrogens (tertiary/aromatic N) is 3. The summed E-state index contributed by atoms with van der Waals surface area (Å²) in [5.41, 5.74) is 6.41. The largest absolute Gasteiger partial charge is 0.481 e. The lowest BCUT2D eigenvalue weighted by atomic mass is 10.2. The molecule has 94 valence electrons. The van der Waals surface area contributed by atoms with Crippen LogP contribution in [0.25, 0.3) is 0 Å². The zero-order chi connectivity index (χ0) is 13.0. The van der Waals surface area contributed by atoms with Gasteiger partial charge < -0.3 is 15.8 Å². The molecule has 0 saturated heterocycles. The molecule has 2 aromatic rings. The average molecular weight is 266 g/mol. The van der Waals surface area contributed by atoms with E-state index in [-0.39, 0.29) is 5.95 Å². The molecule has 0 fully saturated rings. The molecule has 0 amide bonds. The first kappa shape index (κ1) is 12.4. The molecular formula is C11H12ClN5O. The van der Waals surface area contributed by atoms with Gasteiger partial charge in [0, 0.05) is 24.4 Å². The molecule has 2 aromatic heterocycles. The summed E-state index contributed by atoms with van der Waals surface area (Å²) >= 11 is 5.78. The third kappa shape index (κ3) is 2.98. The third-order valence-electron chi connectivity index (χ3n) is 2.22. The van der Waals surface area contributed by atoms with Crippen LogP contribution in [-0.4, -0.2) is 22.1 Å². The zero-order valence-electron chi connectivity index (χ0n) is 9.72. The molecular weight excluding hydrogens is 254 g/mol. The fourth-order valence-corrected chi connectivity index (χ4v) is 1.64.